The quantitative estimate of drug-likeness (QED) is 0.738. The van der Waals surface area contributed by atoms with Crippen LogP contribution in [0, 0.1) is 0 Å². The van der Waals surface area contributed by atoms with Crippen molar-refractivity contribution in [1.29, 1.82) is 0 Å². The molecule has 0 aliphatic carbocycles. The lowest BCUT2D eigenvalue weighted by atomic mass is 10.2. The van der Waals surface area contributed by atoms with Crippen LogP contribution in [0.15, 0.2) is 59.9 Å². The molecule has 0 saturated carbocycles. The van der Waals surface area contributed by atoms with E-state index in [-0.39, 0.29) is 5.91 Å². The van der Waals surface area contributed by atoms with Gasteiger partial charge in [-0.15, -0.1) is 0 Å². The number of carbonyl (C=O) groups is 1. The summed E-state index contributed by atoms with van der Waals surface area (Å²) < 4.78 is 16.5. The summed E-state index contributed by atoms with van der Waals surface area (Å²) in [5.74, 6) is -0.138. The Labute approximate surface area is 160 Å². The molecule has 3 aromatic rings. The van der Waals surface area contributed by atoms with Crippen molar-refractivity contribution in [2.75, 3.05) is 13.1 Å². The van der Waals surface area contributed by atoms with Crippen LogP contribution in [-0.2, 0) is 17.5 Å². The van der Waals surface area contributed by atoms with Gasteiger partial charge in [0.25, 0.3) is 5.91 Å². The monoisotopic (exact) mass is 382 g/mol. The Kier molecular flexibility index (Phi) is 5.31. The fourth-order valence-corrected chi connectivity index (χ4v) is 4.50. The Morgan fingerprint density at radius 3 is 2.63 bits per heavy atom. The van der Waals surface area contributed by atoms with Crippen molar-refractivity contribution >= 4 is 22.5 Å². The van der Waals surface area contributed by atoms with Gasteiger partial charge in [0.05, 0.1) is 4.90 Å². The fourth-order valence-electron chi connectivity index (χ4n) is 3.24. The summed E-state index contributed by atoms with van der Waals surface area (Å²) in [4.78, 5) is 17.4. The molecule has 1 aromatic carbocycles. The van der Waals surface area contributed by atoms with Crippen molar-refractivity contribution in [2.45, 2.75) is 30.7 Å². The number of piperidine rings is 1. The van der Waals surface area contributed by atoms with Crippen LogP contribution in [0.3, 0.4) is 0 Å². The maximum absolute atomic E-state index is 12.6. The summed E-state index contributed by atoms with van der Waals surface area (Å²) in [5.41, 5.74) is 2.30. The van der Waals surface area contributed by atoms with E-state index in [4.69, 9.17) is 0 Å². The Morgan fingerprint density at radius 2 is 1.85 bits per heavy atom. The Hall–Kier alpha value is -2.51. The van der Waals surface area contributed by atoms with Crippen molar-refractivity contribution in [3.63, 3.8) is 0 Å². The van der Waals surface area contributed by atoms with Crippen molar-refractivity contribution in [3.05, 3.63) is 66.1 Å². The fraction of sp³-hybridized carbons (Fsp3) is 0.300. The number of hydrogen-bond acceptors (Lipinski definition) is 3. The molecule has 1 aliphatic heterocycles. The van der Waals surface area contributed by atoms with Crippen LogP contribution in [0.1, 0.15) is 35.2 Å². The van der Waals surface area contributed by atoms with Gasteiger partial charge in [-0.3, -0.25) is 4.79 Å². The Balaban J connectivity index is 1.36. The predicted molar refractivity (Wildman–Crippen MR) is 105 cm³/mol. The third kappa shape index (κ3) is 4.09. The average molecular weight is 382 g/mol. The van der Waals surface area contributed by atoms with Gasteiger partial charge in [0.1, 0.15) is 16.6 Å². The van der Waals surface area contributed by atoms with Crippen molar-refractivity contribution in [1.82, 2.24) is 19.0 Å². The minimum Gasteiger partial charge on any atom is -0.348 e. The highest BCUT2D eigenvalue weighted by Crippen LogP contribution is 2.17. The zero-order chi connectivity index (χ0) is 18.6. The molecule has 2 aromatic heterocycles. The molecule has 7 heteroatoms. The van der Waals surface area contributed by atoms with Gasteiger partial charge in [-0.25, -0.2) is 13.5 Å². The maximum atomic E-state index is 12.6. The van der Waals surface area contributed by atoms with Crippen molar-refractivity contribution < 1.29 is 9.00 Å². The van der Waals surface area contributed by atoms with Crippen LogP contribution >= 0.6 is 0 Å². The molecule has 1 fully saturated rings. The molecule has 1 unspecified atom stereocenters. The van der Waals surface area contributed by atoms with Gasteiger partial charge in [-0.05, 0) is 42.7 Å². The largest absolute Gasteiger partial charge is 0.348 e. The molecular weight excluding hydrogens is 360 g/mol. The van der Waals surface area contributed by atoms with E-state index in [2.05, 4.69) is 10.3 Å². The third-order valence-electron chi connectivity index (χ3n) is 4.79. The second-order valence-electron chi connectivity index (χ2n) is 6.67. The van der Waals surface area contributed by atoms with Gasteiger partial charge in [0, 0.05) is 43.8 Å². The van der Waals surface area contributed by atoms with Crippen LogP contribution in [0.4, 0.5) is 0 Å². The number of nitrogens with zero attached hydrogens (tertiary/aromatic N) is 3. The minimum atomic E-state index is -1.09. The van der Waals surface area contributed by atoms with E-state index in [1.807, 2.05) is 45.4 Å². The number of fused-ring (bicyclic) bond motifs is 1. The SMILES string of the molecule is O=C(NCc1ccc(S(=O)N2CCCCC2)cc1)c1ccn2ccnc2c1. The third-order valence-corrected chi connectivity index (χ3v) is 6.30. The molecule has 140 valence electrons. The van der Waals surface area contributed by atoms with Gasteiger partial charge in [0.2, 0.25) is 0 Å². The summed E-state index contributed by atoms with van der Waals surface area (Å²) in [6, 6.07) is 11.2. The van der Waals surface area contributed by atoms with E-state index in [0.29, 0.717) is 12.1 Å². The molecule has 27 heavy (non-hydrogen) atoms. The van der Waals surface area contributed by atoms with Crippen LogP contribution < -0.4 is 5.32 Å². The highest BCUT2D eigenvalue weighted by Gasteiger charge is 2.17. The average Bonchev–Trinajstić information content (AvgIpc) is 3.20. The normalized spacial score (nSPS) is 16.3. The second-order valence-corrected chi connectivity index (χ2v) is 8.16. The predicted octanol–water partition coefficient (Wildman–Crippen LogP) is 2.77. The lowest BCUT2D eigenvalue weighted by Crippen LogP contribution is -2.31. The summed E-state index contributed by atoms with van der Waals surface area (Å²) in [7, 11) is -1.09. The number of carbonyl (C=O) groups excluding carboxylic acids is 1. The lowest BCUT2D eigenvalue weighted by Gasteiger charge is -2.25. The van der Waals surface area contributed by atoms with E-state index in [9.17, 15) is 9.00 Å². The van der Waals surface area contributed by atoms with Crippen LogP contribution in [-0.4, -0.2) is 36.9 Å². The molecule has 3 heterocycles. The molecule has 4 rings (SSSR count). The topological polar surface area (TPSA) is 66.7 Å². The highest BCUT2D eigenvalue weighted by atomic mass is 32.2. The molecule has 0 spiro atoms. The smallest absolute Gasteiger partial charge is 0.251 e. The second kappa shape index (κ2) is 8.02. The first-order valence-corrected chi connectivity index (χ1v) is 10.3. The zero-order valence-electron chi connectivity index (χ0n) is 15.0. The molecule has 1 saturated heterocycles. The zero-order valence-corrected chi connectivity index (χ0v) is 15.8. The van der Waals surface area contributed by atoms with Crippen LogP contribution in [0.2, 0.25) is 0 Å². The number of aromatic nitrogens is 2. The Morgan fingerprint density at radius 1 is 1.07 bits per heavy atom. The first-order valence-electron chi connectivity index (χ1n) is 9.17. The summed E-state index contributed by atoms with van der Waals surface area (Å²) in [6.07, 6.45) is 8.81. The molecule has 1 aliphatic rings. The number of pyridine rings is 1. The number of amides is 1. The number of hydrogen-bond donors (Lipinski definition) is 1. The molecule has 0 radical (unpaired) electrons. The van der Waals surface area contributed by atoms with Gasteiger partial charge in [-0.2, -0.15) is 0 Å². The standard InChI is InChI=1S/C20H22N4O2S/c25-20(17-8-12-23-13-9-21-19(23)14-17)22-15-16-4-6-18(7-5-16)27(26)24-10-2-1-3-11-24/h4-9,12-14H,1-3,10-11,15H2,(H,22,25). The van der Waals surface area contributed by atoms with Gasteiger partial charge >= 0.3 is 0 Å². The van der Waals surface area contributed by atoms with E-state index in [0.717, 1.165) is 42.0 Å². The number of imidazole rings is 1. The van der Waals surface area contributed by atoms with E-state index < -0.39 is 11.0 Å². The number of benzene rings is 1. The van der Waals surface area contributed by atoms with Gasteiger partial charge < -0.3 is 9.72 Å². The first-order chi connectivity index (χ1) is 13.2. The van der Waals surface area contributed by atoms with Crippen molar-refractivity contribution in [3.8, 4) is 0 Å². The van der Waals surface area contributed by atoms with Crippen LogP contribution in [0.5, 0.6) is 0 Å². The van der Waals surface area contributed by atoms with Crippen molar-refractivity contribution in [2.24, 2.45) is 0 Å². The molecule has 1 N–H and O–H groups in total. The van der Waals surface area contributed by atoms with E-state index >= 15 is 0 Å². The Bertz CT molecular complexity index is 962. The molecule has 1 amide bonds. The number of nitrogens with one attached hydrogen (secondary N) is 1. The molecule has 6 nitrogen and oxygen atoms in total. The van der Waals surface area contributed by atoms with Crippen LogP contribution in [0.25, 0.3) is 5.65 Å². The molecular formula is C20H22N4O2S. The van der Waals surface area contributed by atoms with Gasteiger partial charge in [0.15, 0.2) is 0 Å². The highest BCUT2D eigenvalue weighted by molar-refractivity contribution is 7.82. The maximum Gasteiger partial charge on any atom is 0.251 e. The summed E-state index contributed by atoms with van der Waals surface area (Å²) >= 11 is 0. The lowest BCUT2D eigenvalue weighted by molar-refractivity contribution is 0.0951. The summed E-state index contributed by atoms with van der Waals surface area (Å²) in [6.45, 7) is 2.21. The number of rotatable bonds is 5. The van der Waals surface area contributed by atoms with E-state index in [1.54, 1.807) is 18.3 Å². The molecule has 1 atom stereocenters. The first kappa shape index (κ1) is 17.9. The minimum absolute atomic E-state index is 0.138. The van der Waals surface area contributed by atoms with E-state index in [1.165, 1.54) is 6.42 Å². The summed E-state index contributed by atoms with van der Waals surface area (Å²) in [5, 5.41) is 2.92. The molecule has 0 bridgehead atoms. The van der Waals surface area contributed by atoms with Gasteiger partial charge in [-0.1, -0.05) is 18.6 Å².